The maximum atomic E-state index is 13.5. The van der Waals surface area contributed by atoms with Crippen LogP contribution in [-0.2, 0) is 6.42 Å². The Morgan fingerprint density at radius 1 is 1.50 bits per heavy atom. The van der Waals surface area contributed by atoms with Crippen molar-refractivity contribution in [3.05, 3.63) is 34.6 Å². The van der Waals surface area contributed by atoms with Gasteiger partial charge in [-0.05, 0) is 25.6 Å². The van der Waals surface area contributed by atoms with Crippen molar-refractivity contribution < 1.29 is 9.50 Å². The molecule has 0 aliphatic carbocycles. The molecule has 0 radical (unpaired) electrons. The van der Waals surface area contributed by atoms with Gasteiger partial charge in [0.05, 0.1) is 5.60 Å². The van der Waals surface area contributed by atoms with Gasteiger partial charge in [-0.25, -0.2) is 4.39 Å². The summed E-state index contributed by atoms with van der Waals surface area (Å²) in [5.74, 6) is -0.371. The minimum Gasteiger partial charge on any atom is -0.389 e. The first-order valence-corrected chi connectivity index (χ1v) is 5.70. The second-order valence-corrected chi connectivity index (χ2v) is 4.56. The maximum Gasteiger partial charge on any atom is 0.127 e. The van der Waals surface area contributed by atoms with E-state index in [-0.39, 0.29) is 12.2 Å². The van der Waals surface area contributed by atoms with Gasteiger partial charge >= 0.3 is 0 Å². The maximum absolute atomic E-state index is 13.5. The molecule has 1 rings (SSSR count). The van der Waals surface area contributed by atoms with Gasteiger partial charge < -0.3 is 10.4 Å². The number of hydrogen-bond acceptors (Lipinski definition) is 2. The zero-order valence-electron chi connectivity index (χ0n) is 9.56. The zero-order valence-corrected chi connectivity index (χ0v) is 10.3. The summed E-state index contributed by atoms with van der Waals surface area (Å²) in [5, 5.41) is 13.5. The van der Waals surface area contributed by atoms with Gasteiger partial charge in [0, 0.05) is 23.6 Å². The van der Waals surface area contributed by atoms with E-state index < -0.39 is 5.60 Å². The smallest absolute Gasteiger partial charge is 0.127 e. The van der Waals surface area contributed by atoms with Gasteiger partial charge in [0.2, 0.25) is 0 Å². The summed E-state index contributed by atoms with van der Waals surface area (Å²) >= 11 is 5.90. The second-order valence-electron chi connectivity index (χ2n) is 4.15. The Morgan fingerprint density at radius 3 is 2.75 bits per heavy atom. The molecule has 0 fully saturated rings. The van der Waals surface area contributed by atoms with E-state index in [1.165, 1.54) is 6.07 Å². The topological polar surface area (TPSA) is 32.3 Å². The van der Waals surface area contributed by atoms with Crippen molar-refractivity contribution >= 4 is 11.6 Å². The molecule has 16 heavy (non-hydrogen) atoms. The second kappa shape index (κ2) is 5.62. The third kappa shape index (κ3) is 3.74. The van der Waals surface area contributed by atoms with Crippen LogP contribution in [0.1, 0.15) is 19.4 Å². The molecule has 0 saturated carbocycles. The van der Waals surface area contributed by atoms with E-state index in [0.717, 1.165) is 6.54 Å². The van der Waals surface area contributed by atoms with Crippen LogP contribution in [0.2, 0.25) is 5.02 Å². The van der Waals surface area contributed by atoms with Gasteiger partial charge in [-0.3, -0.25) is 0 Å². The van der Waals surface area contributed by atoms with Crippen molar-refractivity contribution in [3.63, 3.8) is 0 Å². The predicted octanol–water partition coefficient (Wildman–Crippen LogP) is 2.38. The van der Waals surface area contributed by atoms with E-state index in [9.17, 15) is 9.50 Å². The van der Waals surface area contributed by atoms with Crippen LogP contribution in [0.5, 0.6) is 0 Å². The third-order valence-corrected chi connectivity index (χ3v) is 2.73. The Labute approximate surface area is 100 Å². The highest BCUT2D eigenvalue weighted by atomic mass is 35.5. The van der Waals surface area contributed by atoms with E-state index >= 15 is 0 Å². The molecule has 4 heteroatoms. The molecule has 0 amide bonds. The number of benzene rings is 1. The summed E-state index contributed by atoms with van der Waals surface area (Å²) in [4.78, 5) is 0. The lowest BCUT2D eigenvalue weighted by Gasteiger charge is -2.24. The van der Waals surface area contributed by atoms with E-state index in [2.05, 4.69) is 5.32 Å². The minimum atomic E-state index is -0.998. The van der Waals surface area contributed by atoms with Crippen molar-refractivity contribution in [2.75, 3.05) is 13.1 Å². The van der Waals surface area contributed by atoms with Crippen molar-refractivity contribution in [3.8, 4) is 0 Å². The Bertz CT molecular complexity index is 335. The van der Waals surface area contributed by atoms with Crippen LogP contribution in [0.25, 0.3) is 0 Å². The van der Waals surface area contributed by atoms with Crippen LogP contribution >= 0.6 is 11.6 Å². The van der Waals surface area contributed by atoms with E-state index in [1.807, 2.05) is 6.92 Å². The molecule has 0 bridgehead atoms. The van der Waals surface area contributed by atoms with Gasteiger partial charge in [-0.1, -0.05) is 24.6 Å². The standard InChI is InChI=1S/C12H17ClFNO/c1-3-15-8-12(2,16)7-9-10(13)5-4-6-11(9)14/h4-6,15-16H,3,7-8H2,1-2H3. The first-order chi connectivity index (χ1) is 7.46. The van der Waals surface area contributed by atoms with Gasteiger partial charge in [0.25, 0.3) is 0 Å². The highest BCUT2D eigenvalue weighted by Gasteiger charge is 2.23. The number of aliphatic hydroxyl groups is 1. The van der Waals surface area contributed by atoms with Gasteiger partial charge in [0.1, 0.15) is 5.82 Å². The summed E-state index contributed by atoms with van der Waals surface area (Å²) in [5.41, 5.74) is -0.631. The van der Waals surface area contributed by atoms with E-state index in [4.69, 9.17) is 11.6 Å². The Hall–Kier alpha value is -0.640. The first-order valence-electron chi connectivity index (χ1n) is 5.32. The monoisotopic (exact) mass is 245 g/mol. The SMILES string of the molecule is CCNCC(C)(O)Cc1c(F)cccc1Cl. The van der Waals surface area contributed by atoms with Gasteiger partial charge in [0.15, 0.2) is 0 Å². The molecule has 0 heterocycles. The first kappa shape index (κ1) is 13.4. The van der Waals surface area contributed by atoms with E-state index in [1.54, 1.807) is 19.1 Å². The number of hydrogen-bond donors (Lipinski definition) is 2. The molecule has 90 valence electrons. The Morgan fingerprint density at radius 2 is 2.19 bits per heavy atom. The largest absolute Gasteiger partial charge is 0.389 e. The van der Waals surface area contributed by atoms with Crippen LogP contribution in [0.15, 0.2) is 18.2 Å². The highest BCUT2D eigenvalue weighted by Crippen LogP contribution is 2.23. The van der Waals surface area contributed by atoms with Crippen molar-refractivity contribution in [2.24, 2.45) is 0 Å². The molecule has 0 aliphatic heterocycles. The molecular weight excluding hydrogens is 229 g/mol. The molecule has 0 spiro atoms. The van der Waals surface area contributed by atoms with Crippen molar-refractivity contribution in [2.45, 2.75) is 25.9 Å². The van der Waals surface area contributed by atoms with Crippen LogP contribution < -0.4 is 5.32 Å². The minimum absolute atomic E-state index is 0.200. The number of rotatable bonds is 5. The molecule has 2 N–H and O–H groups in total. The van der Waals surface area contributed by atoms with Crippen LogP contribution in [0, 0.1) is 5.82 Å². The average molecular weight is 246 g/mol. The quantitative estimate of drug-likeness (QED) is 0.835. The molecular formula is C12H17ClFNO. The summed E-state index contributed by atoms with van der Waals surface area (Å²) in [6, 6.07) is 4.54. The molecule has 2 nitrogen and oxygen atoms in total. The van der Waals surface area contributed by atoms with Gasteiger partial charge in [-0.15, -0.1) is 0 Å². The number of likely N-dealkylation sites (N-methyl/N-ethyl adjacent to an activating group) is 1. The molecule has 0 aliphatic rings. The fourth-order valence-corrected chi connectivity index (χ4v) is 1.77. The molecule has 1 unspecified atom stereocenters. The van der Waals surface area contributed by atoms with Crippen molar-refractivity contribution in [1.82, 2.24) is 5.32 Å². The molecule has 1 atom stereocenters. The third-order valence-electron chi connectivity index (χ3n) is 2.38. The predicted molar refractivity (Wildman–Crippen MR) is 64.3 cm³/mol. The van der Waals surface area contributed by atoms with Gasteiger partial charge in [-0.2, -0.15) is 0 Å². The Kier molecular flexibility index (Phi) is 4.71. The molecule has 0 aromatic heterocycles. The molecule has 1 aromatic rings. The molecule has 0 saturated heterocycles. The van der Waals surface area contributed by atoms with Crippen LogP contribution in [-0.4, -0.2) is 23.8 Å². The summed E-state index contributed by atoms with van der Waals surface area (Å²) in [6.07, 6.45) is 0.200. The zero-order chi connectivity index (χ0) is 12.2. The average Bonchev–Trinajstić information content (AvgIpc) is 2.21. The summed E-state index contributed by atoms with van der Waals surface area (Å²) < 4.78 is 13.5. The summed E-state index contributed by atoms with van der Waals surface area (Å²) in [6.45, 7) is 4.79. The lowest BCUT2D eigenvalue weighted by atomic mass is 9.96. The van der Waals surface area contributed by atoms with Crippen LogP contribution in [0.4, 0.5) is 4.39 Å². The normalized spacial score (nSPS) is 14.8. The Balaban J connectivity index is 2.79. The van der Waals surface area contributed by atoms with Crippen LogP contribution in [0.3, 0.4) is 0 Å². The lowest BCUT2D eigenvalue weighted by Crippen LogP contribution is -2.39. The highest BCUT2D eigenvalue weighted by molar-refractivity contribution is 6.31. The summed E-state index contributed by atoms with van der Waals surface area (Å²) in [7, 11) is 0. The number of halogens is 2. The van der Waals surface area contributed by atoms with E-state index in [0.29, 0.717) is 17.1 Å². The fourth-order valence-electron chi connectivity index (χ4n) is 1.54. The molecule has 1 aromatic carbocycles. The number of nitrogens with one attached hydrogen (secondary N) is 1. The fraction of sp³-hybridized carbons (Fsp3) is 0.500. The lowest BCUT2D eigenvalue weighted by molar-refractivity contribution is 0.0599. The van der Waals surface area contributed by atoms with Crippen molar-refractivity contribution in [1.29, 1.82) is 0 Å².